The van der Waals surface area contributed by atoms with Crippen molar-refractivity contribution < 1.29 is 14.5 Å². The van der Waals surface area contributed by atoms with E-state index in [4.69, 9.17) is 4.74 Å². The summed E-state index contributed by atoms with van der Waals surface area (Å²) in [7, 11) is 0. The number of alkyl carbamates (subject to hydrolysis) is 1. The molecule has 0 saturated heterocycles. The summed E-state index contributed by atoms with van der Waals surface area (Å²) in [5.41, 5.74) is 0.457. The highest BCUT2D eigenvalue weighted by Gasteiger charge is 2.36. The van der Waals surface area contributed by atoms with Crippen molar-refractivity contribution in [3.05, 3.63) is 81.9 Å². The molecule has 0 fully saturated rings. The van der Waals surface area contributed by atoms with Crippen LogP contribution in [-0.4, -0.2) is 16.6 Å². The van der Waals surface area contributed by atoms with E-state index in [1.54, 1.807) is 75.4 Å². The average Bonchev–Trinajstić information content (AvgIpc) is 2.54. The molecule has 0 bridgehead atoms. The van der Waals surface area contributed by atoms with Gasteiger partial charge in [0, 0.05) is 10.5 Å². The molecule has 6 heteroatoms. The first-order valence-electron chi connectivity index (χ1n) is 8.01. The molecule has 2 rings (SSSR count). The number of amides is 1. The second-order valence-electron chi connectivity index (χ2n) is 6.68. The molecular formula is C19H22N2O4. The van der Waals surface area contributed by atoms with Gasteiger partial charge in [-0.15, -0.1) is 0 Å². The van der Waals surface area contributed by atoms with Gasteiger partial charge < -0.3 is 10.1 Å². The molecular weight excluding hydrogens is 320 g/mol. The fraction of sp³-hybridized carbons (Fsp3) is 0.316. The topological polar surface area (TPSA) is 81.5 Å². The Morgan fingerprint density at radius 2 is 1.48 bits per heavy atom. The standard InChI is InChI=1S/C19H22N2O4/c1-19(2,3)25-18(22)20-16(14-10-6-4-7-11-14)17(21(23)24)15-12-8-5-9-13-15/h4-13,16-17H,1-3H3,(H,20,22)/t16-,17+/m1/s1. The van der Waals surface area contributed by atoms with Gasteiger partial charge in [0.1, 0.15) is 11.6 Å². The Labute approximate surface area is 147 Å². The van der Waals surface area contributed by atoms with E-state index >= 15 is 0 Å². The molecule has 0 aliphatic carbocycles. The number of nitrogens with one attached hydrogen (secondary N) is 1. The number of rotatable bonds is 5. The Bertz CT molecular complexity index is 711. The van der Waals surface area contributed by atoms with Crippen molar-refractivity contribution in [1.82, 2.24) is 5.32 Å². The first-order chi connectivity index (χ1) is 11.8. The first-order valence-corrected chi connectivity index (χ1v) is 8.01. The lowest BCUT2D eigenvalue weighted by Crippen LogP contribution is -2.39. The van der Waals surface area contributed by atoms with Crippen molar-refractivity contribution in [2.45, 2.75) is 38.5 Å². The summed E-state index contributed by atoms with van der Waals surface area (Å²) in [6.45, 7) is 5.23. The molecule has 6 nitrogen and oxygen atoms in total. The molecule has 0 saturated carbocycles. The minimum Gasteiger partial charge on any atom is -0.444 e. The summed E-state index contributed by atoms with van der Waals surface area (Å²) in [6, 6.07) is 15.5. The zero-order valence-corrected chi connectivity index (χ0v) is 14.5. The molecule has 2 atom stereocenters. The van der Waals surface area contributed by atoms with Crippen LogP contribution in [0.3, 0.4) is 0 Å². The molecule has 0 unspecified atom stereocenters. The van der Waals surface area contributed by atoms with E-state index in [9.17, 15) is 14.9 Å². The van der Waals surface area contributed by atoms with Gasteiger partial charge in [0.25, 0.3) is 6.04 Å². The molecule has 0 aliphatic rings. The summed E-state index contributed by atoms with van der Waals surface area (Å²) < 4.78 is 5.28. The lowest BCUT2D eigenvalue weighted by atomic mass is 9.94. The second kappa shape index (κ2) is 7.79. The molecule has 132 valence electrons. The summed E-state index contributed by atoms with van der Waals surface area (Å²) >= 11 is 0. The minimum atomic E-state index is -1.13. The van der Waals surface area contributed by atoms with Gasteiger partial charge in [0.05, 0.1) is 0 Å². The maximum atomic E-state index is 12.2. The summed E-state index contributed by atoms with van der Waals surface area (Å²) in [5, 5.41) is 14.5. The van der Waals surface area contributed by atoms with E-state index in [-0.39, 0.29) is 4.92 Å². The zero-order chi connectivity index (χ0) is 18.4. The van der Waals surface area contributed by atoms with Gasteiger partial charge in [0.2, 0.25) is 0 Å². The van der Waals surface area contributed by atoms with Gasteiger partial charge in [0.15, 0.2) is 0 Å². The zero-order valence-electron chi connectivity index (χ0n) is 14.5. The molecule has 1 N–H and O–H groups in total. The number of hydrogen-bond acceptors (Lipinski definition) is 4. The number of carbonyl (C=O) groups excluding carboxylic acids is 1. The monoisotopic (exact) mass is 342 g/mol. The van der Waals surface area contributed by atoms with Crippen molar-refractivity contribution in [2.75, 3.05) is 0 Å². The van der Waals surface area contributed by atoms with Crippen molar-refractivity contribution in [1.29, 1.82) is 0 Å². The average molecular weight is 342 g/mol. The van der Waals surface area contributed by atoms with Gasteiger partial charge in [-0.2, -0.15) is 0 Å². The Kier molecular flexibility index (Phi) is 5.75. The third-order valence-corrected chi connectivity index (χ3v) is 3.51. The molecule has 2 aromatic rings. The van der Waals surface area contributed by atoms with Crippen LogP contribution in [0, 0.1) is 10.1 Å². The maximum absolute atomic E-state index is 12.2. The Morgan fingerprint density at radius 3 is 1.92 bits per heavy atom. The Morgan fingerprint density at radius 1 is 1.00 bits per heavy atom. The number of carbonyl (C=O) groups is 1. The highest BCUT2D eigenvalue weighted by atomic mass is 16.6. The minimum absolute atomic E-state index is 0.385. The summed E-state index contributed by atoms with van der Waals surface area (Å²) in [5.74, 6) is 0. The molecule has 0 heterocycles. The van der Waals surface area contributed by atoms with E-state index in [0.717, 1.165) is 0 Å². The largest absolute Gasteiger partial charge is 0.444 e. The third kappa shape index (κ3) is 5.31. The van der Waals surface area contributed by atoms with Crippen molar-refractivity contribution in [3.8, 4) is 0 Å². The second-order valence-corrected chi connectivity index (χ2v) is 6.68. The maximum Gasteiger partial charge on any atom is 0.408 e. The van der Waals surface area contributed by atoms with E-state index in [1.165, 1.54) is 0 Å². The first kappa shape index (κ1) is 18.4. The van der Waals surface area contributed by atoms with Crippen LogP contribution in [0.1, 0.15) is 44.0 Å². The van der Waals surface area contributed by atoms with Gasteiger partial charge in [-0.1, -0.05) is 60.7 Å². The molecule has 2 aromatic carbocycles. The van der Waals surface area contributed by atoms with Gasteiger partial charge in [-0.3, -0.25) is 10.1 Å². The van der Waals surface area contributed by atoms with E-state index in [2.05, 4.69) is 5.32 Å². The van der Waals surface area contributed by atoms with Crippen molar-refractivity contribution in [2.24, 2.45) is 0 Å². The number of nitrogens with zero attached hydrogens (tertiary/aromatic N) is 1. The van der Waals surface area contributed by atoms with Crippen LogP contribution in [-0.2, 0) is 4.74 Å². The molecule has 0 aliphatic heterocycles. The Balaban J connectivity index is 2.39. The van der Waals surface area contributed by atoms with Crippen molar-refractivity contribution in [3.63, 3.8) is 0 Å². The van der Waals surface area contributed by atoms with Gasteiger partial charge in [-0.25, -0.2) is 4.79 Å². The molecule has 0 spiro atoms. The van der Waals surface area contributed by atoms with Crippen molar-refractivity contribution >= 4 is 6.09 Å². The van der Waals surface area contributed by atoms with Gasteiger partial charge >= 0.3 is 6.09 Å². The smallest absolute Gasteiger partial charge is 0.408 e. The highest BCUT2D eigenvalue weighted by Crippen LogP contribution is 2.31. The lowest BCUT2D eigenvalue weighted by Gasteiger charge is -2.25. The van der Waals surface area contributed by atoms with E-state index < -0.39 is 23.8 Å². The number of nitro groups is 1. The third-order valence-electron chi connectivity index (χ3n) is 3.51. The van der Waals surface area contributed by atoms with Crippen LogP contribution in [0.15, 0.2) is 60.7 Å². The van der Waals surface area contributed by atoms with Crippen LogP contribution < -0.4 is 5.32 Å². The quantitative estimate of drug-likeness (QED) is 0.650. The SMILES string of the molecule is CC(C)(C)OC(=O)N[C@H](c1ccccc1)[C@H](c1ccccc1)[N+](=O)[O-]. The Hall–Kier alpha value is -2.89. The summed E-state index contributed by atoms with van der Waals surface area (Å²) in [6.07, 6.45) is -0.691. The van der Waals surface area contributed by atoms with E-state index in [0.29, 0.717) is 11.1 Å². The number of benzene rings is 2. The highest BCUT2D eigenvalue weighted by molar-refractivity contribution is 5.68. The molecule has 25 heavy (non-hydrogen) atoms. The summed E-state index contributed by atoms with van der Waals surface area (Å²) in [4.78, 5) is 23.7. The van der Waals surface area contributed by atoms with Gasteiger partial charge in [-0.05, 0) is 26.3 Å². The van der Waals surface area contributed by atoms with Crippen LogP contribution in [0.2, 0.25) is 0 Å². The predicted octanol–water partition coefficient (Wildman–Crippen LogP) is 4.27. The van der Waals surface area contributed by atoms with E-state index in [1.807, 2.05) is 6.07 Å². The predicted molar refractivity (Wildman–Crippen MR) is 94.7 cm³/mol. The molecule has 1 amide bonds. The molecule has 0 radical (unpaired) electrons. The van der Waals surface area contributed by atoms with Crippen LogP contribution in [0.25, 0.3) is 0 Å². The normalized spacial score (nSPS) is 13.6. The lowest BCUT2D eigenvalue weighted by molar-refractivity contribution is -0.534. The van der Waals surface area contributed by atoms with Crippen LogP contribution in [0.4, 0.5) is 4.79 Å². The fourth-order valence-corrected chi connectivity index (χ4v) is 2.53. The van der Waals surface area contributed by atoms with Crippen LogP contribution in [0.5, 0.6) is 0 Å². The molecule has 0 aromatic heterocycles. The number of hydrogen-bond donors (Lipinski definition) is 1. The fourth-order valence-electron chi connectivity index (χ4n) is 2.53. The number of ether oxygens (including phenoxy) is 1. The van der Waals surface area contributed by atoms with Crippen LogP contribution >= 0.6 is 0 Å².